The Kier molecular flexibility index (Phi) is 5.54. The van der Waals surface area contributed by atoms with E-state index >= 15 is 0 Å². The summed E-state index contributed by atoms with van der Waals surface area (Å²) in [4.78, 5) is 12.0. The van der Waals surface area contributed by atoms with E-state index in [1.807, 2.05) is 0 Å². The van der Waals surface area contributed by atoms with Crippen LogP contribution in [0.5, 0.6) is 0 Å². The van der Waals surface area contributed by atoms with E-state index in [1.54, 1.807) is 0 Å². The van der Waals surface area contributed by atoms with Crippen LogP contribution in [0.1, 0.15) is 6.23 Å². The van der Waals surface area contributed by atoms with E-state index in [0.29, 0.717) is 0 Å². The van der Waals surface area contributed by atoms with E-state index in [4.69, 9.17) is 21.1 Å². The molecular formula is C15H18ClF2N5O6. The van der Waals surface area contributed by atoms with Crippen molar-refractivity contribution in [1.82, 2.24) is 19.5 Å². The fourth-order valence-corrected chi connectivity index (χ4v) is 3.46. The Hall–Kier alpha value is -1.74. The number of halogens is 3. The van der Waals surface area contributed by atoms with Gasteiger partial charge in [-0.1, -0.05) is 0 Å². The molecule has 0 amide bonds. The Labute approximate surface area is 166 Å². The molecule has 0 aromatic carbocycles. The van der Waals surface area contributed by atoms with Gasteiger partial charge in [-0.15, -0.1) is 0 Å². The third kappa shape index (κ3) is 3.52. The Balaban J connectivity index is 1.66. The first-order valence-electron chi connectivity index (χ1n) is 8.68. The molecule has 14 heteroatoms. The van der Waals surface area contributed by atoms with E-state index in [0.717, 1.165) is 0 Å². The highest BCUT2D eigenvalue weighted by molar-refractivity contribution is 6.28. The van der Waals surface area contributed by atoms with Crippen LogP contribution in [0.15, 0.2) is 6.33 Å². The molecule has 0 aliphatic carbocycles. The van der Waals surface area contributed by atoms with Gasteiger partial charge in [-0.25, -0.2) is 13.8 Å². The Morgan fingerprint density at radius 3 is 2.66 bits per heavy atom. The summed E-state index contributed by atoms with van der Waals surface area (Å²) in [6.45, 7) is -0.895. The van der Waals surface area contributed by atoms with Crippen LogP contribution < -0.4 is 5.32 Å². The zero-order valence-electron chi connectivity index (χ0n) is 14.6. The van der Waals surface area contributed by atoms with Crippen molar-refractivity contribution in [2.45, 2.75) is 49.2 Å². The number of nitrogens with zero attached hydrogens (tertiary/aromatic N) is 4. The maximum Gasteiger partial charge on any atom is 0.226 e. The number of aromatic nitrogens is 4. The van der Waals surface area contributed by atoms with Gasteiger partial charge in [0.15, 0.2) is 41.8 Å². The molecule has 2 aromatic heterocycles. The van der Waals surface area contributed by atoms with Crippen LogP contribution in [0.25, 0.3) is 11.2 Å². The second-order valence-electron chi connectivity index (χ2n) is 6.75. The first-order valence-corrected chi connectivity index (χ1v) is 9.06. The number of imidazole rings is 1. The van der Waals surface area contributed by atoms with Gasteiger partial charge in [0.2, 0.25) is 5.28 Å². The van der Waals surface area contributed by atoms with E-state index in [9.17, 15) is 29.2 Å². The standard InChI is InChI=1S/C15H18ClF2N5O6/c16-15-21-11(20-13-6(17)9(26)4(25)2-28-13)8-12(22-15)23(3-19-8)14-7(18)10(27)5(1-24)29-14/h3-7,9-10,13-14,24-27H,1-2H2,(H,20,21,22)/t4-,5-,6+,7+,9-,10-,13+,14-/m1/s1. The molecule has 29 heavy (non-hydrogen) atoms. The number of fused-ring (bicyclic) bond motifs is 1. The van der Waals surface area contributed by atoms with Gasteiger partial charge < -0.3 is 35.2 Å². The SMILES string of the molecule is OC[C@H]1O[C@@H](n2cnc3c(N[C@H]4OC[C@@H](O)[C@@H](O)[C@@H]4F)nc(Cl)nc32)[C@@H](F)[C@@H]1O. The second-order valence-corrected chi connectivity index (χ2v) is 7.09. The van der Waals surface area contributed by atoms with E-state index in [1.165, 1.54) is 10.9 Å². The number of hydrogen-bond donors (Lipinski definition) is 5. The number of alkyl halides is 2. The Morgan fingerprint density at radius 2 is 1.97 bits per heavy atom. The molecule has 2 aliphatic heterocycles. The number of hydrogen-bond acceptors (Lipinski definition) is 10. The van der Waals surface area contributed by atoms with Crippen LogP contribution in [0.3, 0.4) is 0 Å². The molecule has 11 nitrogen and oxygen atoms in total. The average molecular weight is 438 g/mol. The zero-order chi connectivity index (χ0) is 20.9. The fourth-order valence-electron chi connectivity index (χ4n) is 3.30. The minimum absolute atomic E-state index is 0.0257. The molecule has 2 aromatic rings. The Morgan fingerprint density at radius 1 is 1.21 bits per heavy atom. The largest absolute Gasteiger partial charge is 0.394 e. The third-order valence-corrected chi connectivity index (χ3v) is 5.05. The van der Waals surface area contributed by atoms with Crippen molar-refractivity contribution < 1.29 is 38.7 Å². The molecule has 0 bridgehead atoms. The molecule has 0 unspecified atom stereocenters. The van der Waals surface area contributed by atoms with Crippen molar-refractivity contribution in [3.8, 4) is 0 Å². The summed E-state index contributed by atoms with van der Waals surface area (Å²) in [7, 11) is 0. The van der Waals surface area contributed by atoms with Gasteiger partial charge in [0.1, 0.15) is 24.4 Å². The highest BCUT2D eigenvalue weighted by Crippen LogP contribution is 2.35. The number of aliphatic hydroxyl groups is 4. The Bertz CT molecular complexity index is 892. The van der Waals surface area contributed by atoms with Gasteiger partial charge in [0.05, 0.1) is 19.5 Å². The van der Waals surface area contributed by atoms with Gasteiger partial charge in [-0.05, 0) is 11.6 Å². The monoisotopic (exact) mass is 437 g/mol. The lowest BCUT2D eigenvalue weighted by Crippen LogP contribution is -2.53. The van der Waals surface area contributed by atoms with Crippen LogP contribution in [-0.4, -0.2) is 96.1 Å². The predicted octanol–water partition coefficient (Wildman–Crippen LogP) is -1.10. The summed E-state index contributed by atoms with van der Waals surface area (Å²) >= 11 is 5.94. The number of anilines is 1. The van der Waals surface area contributed by atoms with E-state index in [-0.39, 0.29) is 28.9 Å². The third-order valence-electron chi connectivity index (χ3n) is 4.88. The lowest BCUT2D eigenvalue weighted by molar-refractivity contribution is -0.155. The summed E-state index contributed by atoms with van der Waals surface area (Å²) < 4.78 is 40.4. The van der Waals surface area contributed by atoms with Crippen molar-refractivity contribution in [3.05, 3.63) is 11.6 Å². The summed E-state index contributed by atoms with van der Waals surface area (Å²) in [6.07, 6.45) is -11.1. The zero-order valence-corrected chi connectivity index (χ0v) is 15.4. The summed E-state index contributed by atoms with van der Waals surface area (Å²) in [6, 6.07) is 0. The molecule has 2 fully saturated rings. The number of aliphatic hydroxyl groups excluding tert-OH is 4. The average Bonchev–Trinajstić information content (AvgIpc) is 3.23. The van der Waals surface area contributed by atoms with Gasteiger partial charge in [-0.2, -0.15) is 9.97 Å². The van der Waals surface area contributed by atoms with Gasteiger partial charge >= 0.3 is 0 Å². The second kappa shape index (κ2) is 7.83. The van der Waals surface area contributed by atoms with Gasteiger partial charge in [-0.3, -0.25) is 4.57 Å². The molecule has 0 saturated carbocycles. The number of rotatable bonds is 4. The highest BCUT2D eigenvalue weighted by atomic mass is 35.5. The van der Waals surface area contributed by atoms with E-state index in [2.05, 4.69) is 20.3 Å². The molecule has 4 rings (SSSR count). The molecule has 5 N–H and O–H groups in total. The molecule has 8 atom stereocenters. The van der Waals surface area contributed by atoms with Crippen LogP contribution in [0.2, 0.25) is 5.28 Å². The molecule has 2 aliphatic rings. The topological polar surface area (TPSA) is 155 Å². The highest BCUT2D eigenvalue weighted by Gasteiger charge is 2.45. The predicted molar refractivity (Wildman–Crippen MR) is 92.5 cm³/mol. The van der Waals surface area contributed by atoms with E-state index < -0.39 is 55.8 Å². The van der Waals surface area contributed by atoms with Crippen LogP contribution >= 0.6 is 11.6 Å². The van der Waals surface area contributed by atoms with Crippen molar-refractivity contribution >= 4 is 28.6 Å². The molecular weight excluding hydrogens is 420 g/mol. The minimum atomic E-state index is -1.97. The maximum absolute atomic E-state index is 14.5. The molecule has 0 radical (unpaired) electrons. The normalized spacial score (nSPS) is 37.9. The molecule has 2 saturated heterocycles. The number of nitrogens with one attached hydrogen (secondary N) is 1. The minimum Gasteiger partial charge on any atom is -0.394 e. The van der Waals surface area contributed by atoms with Crippen LogP contribution in [0.4, 0.5) is 14.6 Å². The van der Waals surface area contributed by atoms with Gasteiger partial charge in [0.25, 0.3) is 0 Å². The van der Waals surface area contributed by atoms with Crippen LogP contribution in [-0.2, 0) is 9.47 Å². The first kappa shape index (κ1) is 20.5. The fraction of sp³-hybridized carbons (Fsp3) is 0.667. The quantitative estimate of drug-likeness (QED) is 0.372. The molecule has 0 spiro atoms. The lowest BCUT2D eigenvalue weighted by Gasteiger charge is -2.34. The summed E-state index contributed by atoms with van der Waals surface area (Å²) in [5, 5.41) is 40.5. The lowest BCUT2D eigenvalue weighted by atomic mass is 10.1. The maximum atomic E-state index is 14.5. The molecule has 160 valence electrons. The smallest absolute Gasteiger partial charge is 0.226 e. The van der Waals surface area contributed by atoms with Crippen molar-refractivity contribution in [2.24, 2.45) is 0 Å². The summed E-state index contributed by atoms with van der Waals surface area (Å²) in [5.74, 6) is -0.0531. The molecule has 4 heterocycles. The van der Waals surface area contributed by atoms with Crippen molar-refractivity contribution in [2.75, 3.05) is 18.5 Å². The number of ether oxygens (including phenoxy) is 2. The van der Waals surface area contributed by atoms with Crippen LogP contribution in [0, 0.1) is 0 Å². The van der Waals surface area contributed by atoms with Gasteiger partial charge in [0, 0.05) is 0 Å². The summed E-state index contributed by atoms with van der Waals surface area (Å²) in [5.41, 5.74) is 0.0984. The van der Waals surface area contributed by atoms with Crippen molar-refractivity contribution in [1.29, 1.82) is 0 Å². The first-order chi connectivity index (χ1) is 13.8. The van der Waals surface area contributed by atoms with Crippen molar-refractivity contribution in [3.63, 3.8) is 0 Å².